The summed E-state index contributed by atoms with van der Waals surface area (Å²) in [5, 5.41) is 3.86. The maximum atomic E-state index is 12.4. The van der Waals surface area contributed by atoms with Crippen LogP contribution in [-0.4, -0.2) is 57.3 Å². The molecule has 0 atom stereocenters. The number of nitrogens with zero attached hydrogens (tertiary/aromatic N) is 1. The molecule has 1 aromatic heterocycles. The summed E-state index contributed by atoms with van der Waals surface area (Å²) in [5.74, 6) is 0.829. The Labute approximate surface area is 141 Å². The van der Waals surface area contributed by atoms with Crippen molar-refractivity contribution >= 4 is 16.9 Å². The van der Waals surface area contributed by atoms with E-state index in [1.807, 2.05) is 25.1 Å². The van der Waals surface area contributed by atoms with Crippen molar-refractivity contribution in [1.82, 2.24) is 10.2 Å². The van der Waals surface area contributed by atoms with Gasteiger partial charge in [0.2, 0.25) is 0 Å². The summed E-state index contributed by atoms with van der Waals surface area (Å²) in [6, 6.07) is 5.66. The molecule has 3 rings (SSSR count). The van der Waals surface area contributed by atoms with Gasteiger partial charge in [0, 0.05) is 30.6 Å². The van der Waals surface area contributed by atoms with E-state index in [0.29, 0.717) is 23.6 Å². The van der Waals surface area contributed by atoms with Crippen LogP contribution in [0.4, 0.5) is 0 Å². The zero-order valence-electron chi connectivity index (χ0n) is 14.3. The predicted molar refractivity (Wildman–Crippen MR) is 91.7 cm³/mol. The predicted octanol–water partition coefficient (Wildman–Crippen LogP) is 2.20. The molecular weight excluding hydrogens is 308 g/mol. The second-order valence-electron chi connectivity index (χ2n) is 5.96. The van der Waals surface area contributed by atoms with Crippen LogP contribution in [0.15, 0.2) is 22.6 Å². The largest absolute Gasteiger partial charge is 0.493 e. The highest BCUT2D eigenvalue weighted by Gasteiger charge is 2.19. The van der Waals surface area contributed by atoms with Gasteiger partial charge in [-0.1, -0.05) is 12.1 Å². The van der Waals surface area contributed by atoms with Gasteiger partial charge in [-0.3, -0.25) is 9.69 Å². The summed E-state index contributed by atoms with van der Waals surface area (Å²) >= 11 is 0. The molecular formula is C18H24N2O4. The van der Waals surface area contributed by atoms with Gasteiger partial charge in [0.05, 0.1) is 20.3 Å². The van der Waals surface area contributed by atoms with Crippen molar-refractivity contribution in [3.8, 4) is 5.75 Å². The molecule has 1 aliphatic rings. The van der Waals surface area contributed by atoms with Crippen LogP contribution in [0.2, 0.25) is 0 Å². The summed E-state index contributed by atoms with van der Waals surface area (Å²) < 4.78 is 16.4. The van der Waals surface area contributed by atoms with Crippen molar-refractivity contribution in [1.29, 1.82) is 0 Å². The van der Waals surface area contributed by atoms with Gasteiger partial charge in [0.15, 0.2) is 17.1 Å². The number of hydrogen-bond acceptors (Lipinski definition) is 5. The van der Waals surface area contributed by atoms with Crippen molar-refractivity contribution < 1.29 is 18.7 Å². The zero-order valence-corrected chi connectivity index (χ0v) is 14.3. The van der Waals surface area contributed by atoms with Gasteiger partial charge in [-0.15, -0.1) is 0 Å². The number of para-hydroxylation sites is 1. The van der Waals surface area contributed by atoms with Crippen molar-refractivity contribution in [2.45, 2.75) is 13.3 Å². The number of ether oxygens (including phenoxy) is 2. The Morgan fingerprint density at radius 2 is 2.12 bits per heavy atom. The number of amides is 1. The minimum Gasteiger partial charge on any atom is -0.493 e. The monoisotopic (exact) mass is 332 g/mol. The minimum absolute atomic E-state index is 0.173. The molecule has 0 saturated carbocycles. The number of furan rings is 1. The number of hydrogen-bond donors (Lipinski definition) is 1. The highest BCUT2D eigenvalue weighted by molar-refractivity contribution is 6.00. The molecule has 0 radical (unpaired) electrons. The first-order valence-corrected chi connectivity index (χ1v) is 8.35. The van der Waals surface area contributed by atoms with E-state index in [1.54, 1.807) is 7.11 Å². The summed E-state index contributed by atoms with van der Waals surface area (Å²) in [6.07, 6.45) is 0.911. The smallest absolute Gasteiger partial charge is 0.287 e. The Hall–Kier alpha value is -2.05. The fourth-order valence-electron chi connectivity index (χ4n) is 3.00. The van der Waals surface area contributed by atoms with E-state index in [4.69, 9.17) is 13.9 Å². The van der Waals surface area contributed by atoms with E-state index in [1.165, 1.54) is 0 Å². The highest BCUT2D eigenvalue weighted by atomic mass is 16.5. The lowest BCUT2D eigenvalue weighted by Crippen LogP contribution is -2.38. The van der Waals surface area contributed by atoms with E-state index >= 15 is 0 Å². The number of aryl methyl sites for hydroxylation is 1. The van der Waals surface area contributed by atoms with Gasteiger partial charge in [0.1, 0.15) is 0 Å². The maximum Gasteiger partial charge on any atom is 0.287 e. The molecule has 2 aromatic rings. The maximum absolute atomic E-state index is 12.4. The Morgan fingerprint density at radius 3 is 2.88 bits per heavy atom. The van der Waals surface area contributed by atoms with Crippen molar-refractivity contribution in [2.24, 2.45) is 0 Å². The molecule has 0 spiro atoms. The quantitative estimate of drug-likeness (QED) is 0.822. The number of fused-ring (bicyclic) bond motifs is 1. The number of methoxy groups -OCH3 is 1. The second kappa shape index (κ2) is 7.68. The molecule has 1 fully saturated rings. The number of carbonyl (C=O) groups is 1. The number of carbonyl (C=O) groups excluding carboxylic acids is 1. The lowest BCUT2D eigenvalue weighted by Gasteiger charge is -2.26. The fourth-order valence-corrected chi connectivity index (χ4v) is 3.00. The first-order chi connectivity index (χ1) is 11.7. The average molecular weight is 332 g/mol. The van der Waals surface area contributed by atoms with Crippen molar-refractivity contribution in [3.05, 3.63) is 29.5 Å². The third kappa shape index (κ3) is 3.55. The van der Waals surface area contributed by atoms with Crippen LogP contribution in [0.1, 0.15) is 22.5 Å². The molecule has 0 unspecified atom stereocenters. The first-order valence-electron chi connectivity index (χ1n) is 8.35. The molecule has 2 heterocycles. The Morgan fingerprint density at radius 1 is 1.33 bits per heavy atom. The molecule has 130 valence electrons. The Bertz CT molecular complexity index is 704. The highest BCUT2D eigenvalue weighted by Crippen LogP contribution is 2.32. The number of rotatable bonds is 6. The van der Waals surface area contributed by atoms with E-state index in [0.717, 1.165) is 50.2 Å². The fraction of sp³-hybridized carbons (Fsp3) is 0.500. The molecule has 0 aliphatic carbocycles. The van der Waals surface area contributed by atoms with Crippen molar-refractivity contribution in [3.63, 3.8) is 0 Å². The first kappa shape index (κ1) is 16.8. The zero-order chi connectivity index (χ0) is 16.9. The van der Waals surface area contributed by atoms with Gasteiger partial charge < -0.3 is 19.2 Å². The molecule has 1 N–H and O–H groups in total. The Kier molecular flexibility index (Phi) is 5.37. The van der Waals surface area contributed by atoms with Crippen LogP contribution >= 0.6 is 0 Å². The van der Waals surface area contributed by atoms with Crippen molar-refractivity contribution in [2.75, 3.05) is 46.5 Å². The second-order valence-corrected chi connectivity index (χ2v) is 5.96. The van der Waals surface area contributed by atoms with Crippen LogP contribution in [-0.2, 0) is 4.74 Å². The summed E-state index contributed by atoms with van der Waals surface area (Å²) in [6.45, 7) is 7.03. The van der Waals surface area contributed by atoms with Gasteiger partial charge >= 0.3 is 0 Å². The normalized spacial score (nSPS) is 15.6. The summed E-state index contributed by atoms with van der Waals surface area (Å²) in [4.78, 5) is 14.8. The number of morpholine rings is 1. The number of nitrogens with one attached hydrogen (secondary N) is 1. The van der Waals surface area contributed by atoms with E-state index in [9.17, 15) is 4.79 Å². The lowest BCUT2D eigenvalue weighted by molar-refractivity contribution is 0.0374. The van der Waals surface area contributed by atoms with E-state index in [-0.39, 0.29) is 5.91 Å². The third-order valence-electron chi connectivity index (χ3n) is 4.39. The van der Waals surface area contributed by atoms with E-state index < -0.39 is 0 Å². The van der Waals surface area contributed by atoms with Gasteiger partial charge in [-0.25, -0.2) is 0 Å². The summed E-state index contributed by atoms with van der Waals surface area (Å²) in [7, 11) is 1.60. The molecule has 1 aromatic carbocycles. The van der Waals surface area contributed by atoms with Crippen LogP contribution in [0, 0.1) is 6.92 Å². The number of benzene rings is 1. The average Bonchev–Trinajstić information content (AvgIpc) is 2.96. The Balaban J connectivity index is 1.58. The molecule has 6 nitrogen and oxygen atoms in total. The molecule has 0 bridgehead atoms. The molecule has 24 heavy (non-hydrogen) atoms. The molecule has 1 aliphatic heterocycles. The molecule has 6 heteroatoms. The van der Waals surface area contributed by atoms with Crippen LogP contribution in [0.3, 0.4) is 0 Å². The van der Waals surface area contributed by atoms with Gasteiger partial charge in [-0.05, 0) is 26.0 Å². The van der Waals surface area contributed by atoms with Gasteiger partial charge in [0.25, 0.3) is 5.91 Å². The standard InChI is InChI=1S/C18H24N2O4/c1-13-14-5-3-6-15(22-2)17(14)24-16(13)18(21)19-7-4-8-20-9-11-23-12-10-20/h3,5-6H,4,7-12H2,1-2H3,(H,19,21). The summed E-state index contributed by atoms with van der Waals surface area (Å²) in [5.41, 5.74) is 1.46. The lowest BCUT2D eigenvalue weighted by atomic mass is 10.1. The third-order valence-corrected chi connectivity index (χ3v) is 4.39. The molecule has 1 saturated heterocycles. The topological polar surface area (TPSA) is 63.9 Å². The molecule has 1 amide bonds. The minimum atomic E-state index is -0.173. The van der Waals surface area contributed by atoms with E-state index in [2.05, 4.69) is 10.2 Å². The SMILES string of the molecule is COc1cccc2c(C)c(C(=O)NCCCN3CCOCC3)oc12. The van der Waals surface area contributed by atoms with Crippen LogP contribution in [0.25, 0.3) is 11.0 Å². The van der Waals surface area contributed by atoms with Gasteiger partial charge in [-0.2, -0.15) is 0 Å². The van der Waals surface area contributed by atoms with Crippen LogP contribution in [0.5, 0.6) is 5.75 Å². The van der Waals surface area contributed by atoms with Crippen LogP contribution < -0.4 is 10.1 Å².